The molecule has 2 aromatic rings. The fourth-order valence-electron chi connectivity index (χ4n) is 2.68. The normalized spacial score (nSPS) is 21.5. The summed E-state index contributed by atoms with van der Waals surface area (Å²) in [5.41, 5.74) is 1.50. The van der Waals surface area contributed by atoms with Gasteiger partial charge in [-0.05, 0) is 30.5 Å². The molecule has 2 aromatic heterocycles. The number of carbonyl (C=O) groups is 1. The number of pyridine rings is 1. The Balaban J connectivity index is 1.79. The van der Waals surface area contributed by atoms with Gasteiger partial charge >= 0.3 is 0 Å². The molecule has 3 rings (SSSR count). The molecular weight excluding hydrogens is 268 g/mol. The summed E-state index contributed by atoms with van der Waals surface area (Å²) in [7, 11) is 0. The second-order valence-corrected chi connectivity index (χ2v) is 5.12. The number of rotatable bonds is 3. The molecule has 3 heterocycles. The van der Waals surface area contributed by atoms with Crippen LogP contribution in [0.1, 0.15) is 22.3 Å². The Morgan fingerprint density at radius 3 is 2.90 bits per heavy atom. The van der Waals surface area contributed by atoms with Gasteiger partial charge in [-0.15, -0.1) is 0 Å². The van der Waals surface area contributed by atoms with Crippen molar-refractivity contribution in [3.63, 3.8) is 0 Å². The van der Waals surface area contributed by atoms with E-state index in [9.17, 15) is 9.90 Å². The zero-order chi connectivity index (χ0) is 14.7. The maximum absolute atomic E-state index is 12.5. The Hall–Kier alpha value is -2.34. The molecule has 1 aliphatic rings. The third-order valence-electron chi connectivity index (χ3n) is 3.77. The molecule has 1 N–H and O–H groups in total. The van der Waals surface area contributed by atoms with E-state index in [0.29, 0.717) is 24.9 Å². The molecule has 21 heavy (non-hydrogen) atoms. The largest absolute Gasteiger partial charge is 0.391 e. The molecule has 2 atom stereocenters. The van der Waals surface area contributed by atoms with E-state index in [0.717, 1.165) is 5.56 Å². The minimum Gasteiger partial charge on any atom is -0.391 e. The van der Waals surface area contributed by atoms with Crippen LogP contribution in [-0.4, -0.2) is 49.8 Å². The van der Waals surface area contributed by atoms with Crippen molar-refractivity contribution in [3.05, 3.63) is 54.1 Å². The molecule has 0 aliphatic carbocycles. The van der Waals surface area contributed by atoms with Gasteiger partial charge in [0, 0.05) is 18.9 Å². The third-order valence-corrected chi connectivity index (χ3v) is 3.77. The first kappa shape index (κ1) is 13.6. The maximum atomic E-state index is 12.5. The van der Waals surface area contributed by atoms with Crippen molar-refractivity contribution in [2.75, 3.05) is 6.54 Å². The number of amides is 1. The van der Waals surface area contributed by atoms with Crippen molar-refractivity contribution in [3.8, 4) is 0 Å². The van der Waals surface area contributed by atoms with E-state index in [2.05, 4.69) is 15.2 Å². The standard InChI is InChI=1S/C15H16N4O2/c20-14-4-7-19(15(21)12-3-6-17-18-10-12)13(14)8-11-2-1-5-16-9-11/h1-3,5-6,9-10,13-14,20H,4,7-8H2/t13-,14-/m0/s1. The summed E-state index contributed by atoms with van der Waals surface area (Å²) >= 11 is 0. The lowest BCUT2D eigenvalue weighted by molar-refractivity contribution is 0.0639. The zero-order valence-corrected chi connectivity index (χ0v) is 11.5. The predicted octanol–water partition coefficient (Wildman–Crippen LogP) is 0.690. The highest BCUT2D eigenvalue weighted by Gasteiger charge is 2.36. The molecule has 0 spiro atoms. The number of aliphatic hydroxyl groups excluding tert-OH is 1. The summed E-state index contributed by atoms with van der Waals surface area (Å²) < 4.78 is 0. The van der Waals surface area contributed by atoms with Gasteiger partial charge in [0.15, 0.2) is 0 Å². The molecule has 0 unspecified atom stereocenters. The first-order chi connectivity index (χ1) is 10.3. The summed E-state index contributed by atoms with van der Waals surface area (Å²) in [6, 6.07) is 5.22. The molecule has 6 heteroatoms. The zero-order valence-electron chi connectivity index (χ0n) is 11.5. The topological polar surface area (TPSA) is 79.2 Å². The van der Waals surface area contributed by atoms with Crippen LogP contribution in [0.3, 0.4) is 0 Å². The lowest BCUT2D eigenvalue weighted by atomic mass is 10.0. The maximum Gasteiger partial charge on any atom is 0.255 e. The molecule has 0 bridgehead atoms. The van der Waals surface area contributed by atoms with Crippen LogP contribution in [0, 0.1) is 0 Å². The van der Waals surface area contributed by atoms with Gasteiger partial charge in [-0.1, -0.05) is 6.07 Å². The number of aromatic nitrogens is 3. The molecule has 1 saturated heterocycles. The van der Waals surface area contributed by atoms with Crippen molar-refractivity contribution in [2.24, 2.45) is 0 Å². The number of nitrogens with zero attached hydrogens (tertiary/aromatic N) is 4. The van der Waals surface area contributed by atoms with Gasteiger partial charge in [0.25, 0.3) is 5.91 Å². The minimum absolute atomic E-state index is 0.115. The Labute approximate surface area is 122 Å². The highest BCUT2D eigenvalue weighted by Crippen LogP contribution is 2.23. The van der Waals surface area contributed by atoms with Crippen molar-refractivity contribution < 1.29 is 9.90 Å². The second kappa shape index (κ2) is 5.97. The van der Waals surface area contributed by atoms with Crippen molar-refractivity contribution >= 4 is 5.91 Å². The summed E-state index contributed by atoms with van der Waals surface area (Å²) in [5.74, 6) is -0.115. The number of aliphatic hydroxyl groups is 1. The van der Waals surface area contributed by atoms with Crippen molar-refractivity contribution in [1.82, 2.24) is 20.1 Å². The van der Waals surface area contributed by atoms with E-state index >= 15 is 0 Å². The third kappa shape index (κ3) is 2.90. The van der Waals surface area contributed by atoms with Gasteiger partial charge in [0.05, 0.1) is 30.1 Å². The number of likely N-dealkylation sites (tertiary alicyclic amines) is 1. The fraction of sp³-hybridized carbons (Fsp3) is 0.333. The lowest BCUT2D eigenvalue weighted by Crippen LogP contribution is -2.41. The first-order valence-electron chi connectivity index (χ1n) is 6.90. The average molecular weight is 284 g/mol. The second-order valence-electron chi connectivity index (χ2n) is 5.12. The van der Waals surface area contributed by atoms with Crippen LogP contribution in [0.15, 0.2) is 43.0 Å². The number of hydrogen-bond acceptors (Lipinski definition) is 5. The van der Waals surface area contributed by atoms with Gasteiger partial charge < -0.3 is 10.0 Å². The van der Waals surface area contributed by atoms with Crippen LogP contribution in [0.4, 0.5) is 0 Å². The molecule has 6 nitrogen and oxygen atoms in total. The molecule has 0 saturated carbocycles. The van der Waals surface area contributed by atoms with Crippen LogP contribution in [0.5, 0.6) is 0 Å². The van der Waals surface area contributed by atoms with Gasteiger partial charge in [-0.25, -0.2) is 0 Å². The van der Waals surface area contributed by atoms with E-state index in [4.69, 9.17) is 0 Å². The Bertz CT molecular complexity index is 606. The van der Waals surface area contributed by atoms with Crippen molar-refractivity contribution in [1.29, 1.82) is 0 Å². The lowest BCUT2D eigenvalue weighted by Gasteiger charge is -2.26. The van der Waals surface area contributed by atoms with E-state index in [1.165, 1.54) is 12.4 Å². The van der Waals surface area contributed by atoms with Crippen LogP contribution < -0.4 is 0 Å². The molecule has 1 fully saturated rings. The number of hydrogen-bond donors (Lipinski definition) is 1. The van der Waals surface area contributed by atoms with Crippen LogP contribution in [-0.2, 0) is 6.42 Å². The Morgan fingerprint density at radius 1 is 1.29 bits per heavy atom. The summed E-state index contributed by atoms with van der Waals surface area (Å²) in [5, 5.41) is 17.6. The van der Waals surface area contributed by atoms with Crippen LogP contribution >= 0.6 is 0 Å². The highest BCUT2D eigenvalue weighted by atomic mass is 16.3. The monoisotopic (exact) mass is 284 g/mol. The smallest absolute Gasteiger partial charge is 0.255 e. The van der Waals surface area contributed by atoms with Crippen molar-refractivity contribution in [2.45, 2.75) is 25.0 Å². The molecule has 0 radical (unpaired) electrons. The molecule has 0 aromatic carbocycles. The van der Waals surface area contributed by atoms with Gasteiger partial charge in [-0.3, -0.25) is 9.78 Å². The van der Waals surface area contributed by atoms with Crippen LogP contribution in [0.2, 0.25) is 0 Å². The molecule has 1 amide bonds. The van der Waals surface area contributed by atoms with Gasteiger partial charge in [0.2, 0.25) is 0 Å². The summed E-state index contributed by atoms with van der Waals surface area (Å²) in [6.45, 7) is 0.549. The van der Waals surface area contributed by atoms with E-state index in [1.54, 1.807) is 23.4 Å². The Kier molecular flexibility index (Phi) is 3.87. The average Bonchev–Trinajstić information content (AvgIpc) is 2.90. The fourth-order valence-corrected chi connectivity index (χ4v) is 2.68. The molecule has 108 valence electrons. The van der Waals surface area contributed by atoms with E-state index in [-0.39, 0.29) is 11.9 Å². The Morgan fingerprint density at radius 2 is 2.19 bits per heavy atom. The van der Waals surface area contributed by atoms with Gasteiger partial charge in [0.1, 0.15) is 0 Å². The number of carbonyl (C=O) groups excluding carboxylic acids is 1. The van der Waals surface area contributed by atoms with Gasteiger partial charge in [-0.2, -0.15) is 10.2 Å². The molecular formula is C15H16N4O2. The molecule has 1 aliphatic heterocycles. The van der Waals surface area contributed by atoms with E-state index in [1.807, 2.05) is 12.1 Å². The SMILES string of the molecule is O=C(c1ccnnc1)N1CC[C@H](O)[C@@H]1Cc1cccnc1. The predicted molar refractivity (Wildman–Crippen MR) is 75.4 cm³/mol. The summed E-state index contributed by atoms with van der Waals surface area (Å²) in [6.07, 6.45) is 7.10. The summed E-state index contributed by atoms with van der Waals surface area (Å²) in [4.78, 5) is 18.3. The first-order valence-corrected chi connectivity index (χ1v) is 6.90. The van der Waals surface area contributed by atoms with Crippen LogP contribution in [0.25, 0.3) is 0 Å². The quantitative estimate of drug-likeness (QED) is 0.897. The minimum atomic E-state index is -0.510. The van der Waals surface area contributed by atoms with E-state index < -0.39 is 6.10 Å². The highest BCUT2D eigenvalue weighted by molar-refractivity contribution is 5.94.